The number of nitrogens with zero attached hydrogens (tertiary/aromatic N) is 2. The van der Waals surface area contributed by atoms with Gasteiger partial charge >= 0.3 is 0 Å². The molecule has 0 aliphatic rings. The minimum absolute atomic E-state index is 0.00459. The van der Waals surface area contributed by atoms with Crippen molar-refractivity contribution in [2.45, 2.75) is 6.92 Å². The SMILES string of the molecule is Cc1cccc(C(=O)NNC(=O)c2cccc([N+](=O)[O-])c2)c1NC(=O)c1ccncc1. The second-order valence-electron chi connectivity index (χ2n) is 6.40. The summed E-state index contributed by atoms with van der Waals surface area (Å²) >= 11 is 0. The van der Waals surface area contributed by atoms with Gasteiger partial charge in [0.05, 0.1) is 16.2 Å². The molecule has 3 rings (SSSR count). The van der Waals surface area contributed by atoms with Gasteiger partial charge in [-0.05, 0) is 36.8 Å². The average Bonchev–Trinajstić information content (AvgIpc) is 2.79. The number of anilines is 1. The third-order valence-electron chi connectivity index (χ3n) is 4.31. The molecule has 0 atom stereocenters. The van der Waals surface area contributed by atoms with Gasteiger partial charge in [-0.25, -0.2) is 0 Å². The maximum absolute atomic E-state index is 12.7. The average molecular weight is 419 g/mol. The van der Waals surface area contributed by atoms with Crippen LogP contribution >= 0.6 is 0 Å². The summed E-state index contributed by atoms with van der Waals surface area (Å²) < 4.78 is 0. The molecule has 1 aromatic heterocycles. The fourth-order valence-corrected chi connectivity index (χ4v) is 2.73. The number of carbonyl (C=O) groups is 3. The number of amides is 3. The highest BCUT2D eigenvalue weighted by Gasteiger charge is 2.18. The monoisotopic (exact) mass is 419 g/mol. The number of hydrazine groups is 1. The predicted molar refractivity (Wildman–Crippen MR) is 111 cm³/mol. The minimum atomic E-state index is -0.730. The molecule has 0 bridgehead atoms. The van der Waals surface area contributed by atoms with Crippen LogP contribution in [0.25, 0.3) is 0 Å². The fraction of sp³-hybridized carbons (Fsp3) is 0.0476. The smallest absolute Gasteiger partial charge is 0.271 e. The summed E-state index contributed by atoms with van der Waals surface area (Å²) in [5.74, 6) is -1.83. The highest BCUT2D eigenvalue weighted by atomic mass is 16.6. The molecule has 0 saturated heterocycles. The molecule has 156 valence electrons. The summed E-state index contributed by atoms with van der Waals surface area (Å²) in [7, 11) is 0. The van der Waals surface area contributed by atoms with E-state index in [1.54, 1.807) is 19.1 Å². The second kappa shape index (κ2) is 9.27. The van der Waals surface area contributed by atoms with Crippen LogP contribution in [0.2, 0.25) is 0 Å². The van der Waals surface area contributed by atoms with Crippen LogP contribution in [0.4, 0.5) is 11.4 Å². The van der Waals surface area contributed by atoms with Crippen LogP contribution in [0.15, 0.2) is 67.0 Å². The number of hydrogen-bond acceptors (Lipinski definition) is 6. The van der Waals surface area contributed by atoms with Crippen molar-refractivity contribution in [3.8, 4) is 0 Å². The molecule has 0 fully saturated rings. The third-order valence-corrected chi connectivity index (χ3v) is 4.31. The molecular formula is C21H17N5O5. The Morgan fingerprint density at radius 2 is 1.55 bits per heavy atom. The molecule has 3 N–H and O–H groups in total. The van der Waals surface area contributed by atoms with Gasteiger partial charge in [0.15, 0.2) is 0 Å². The molecule has 2 aromatic carbocycles. The largest absolute Gasteiger partial charge is 0.321 e. The highest BCUT2D eigenvalue weighted by Crippen LogP contribution is 2.21. The number of nitrogens with one attached hydrogen (secondary N) is 3. The number of hydrogen-bond donors (Lipinski definition) is 3. The predicted octanol–water partition coefficient (Wildman–Crippen LogP) is 2.63. The van der Waals surface area contributed by atoms with E-state index in [0.29, 0.717) is 11.1 Å². The maximum atomic E-state index is 12.7. The van der Waals surface area contributed by atoms with Crippen LogP contribution in [-0.4, -0.2) is 27.6 Å². The van der Waals surface area contributed by atoms with Gasteiger partial charge in [-0.1, -0.05) is 18.2 Å². The number of non-ortho nitro benzene ring substituents is 1. The number of aryl methyl sites for hydroxylation is 1. The van der Waals surface area contributed by atoms with Gasteiger partial charge in [-0.15, -0.1) is 0 Å². The lowest BCUT2D eigenvalue weighted by Crippen LogP contribution is -2.42. The number of para-hydroxylation sites is 1. The van der Waals surface area contributed by atoms with Gasteiger partial charge in [-0.2, -0.15) is 0 Å². The molecule has 0 unspecified atom stereocenters. The summed E-state index contributed by atoms with van der Waals surface area (Å²) in [4.78, 5) is 51.5. The zero-order chi connectivity index (χ0) is 22.4. The standard InChI is InChI=1S/C21H17N5O5/c1-13-4-2-7-17(18(13)23-19(27)14-8-10-22-11-9-14)21(29)25-24-20(28)15-5-3-6-16(12-15)26(30)31/h2-12H,1H3,(H,23,27)(H,24,28)(H,25,29). The van der Waals surface area contributed by atoms with Crippen molar-refractivity contribution in [1.29, 1.82) is 0 Å². The lowest BCUT2D eigenvalue weighted by atomic mass is 10.1. The fourth-order valence-electron chi connectivity index (χ4n) is 2.73. The van der Waals surface area contributed by atoms with E-state index in [0.717, 1.165) is 6.07 Å². The van der Waals surface area contributed by atoms with Gasteiger partial charge < -0.3 is 5.32 Å². The first-order chi connectivity index (χ1) is 14.9. The van der Waals surface area contributed by atoms with Crippen LogP contribution in [-0.2, 0) is 0 Å². The van der Waals surface area contributed by atoms with Crippen molar-refractivity contribution in [2.24, 2.45) is 0 Å². The Kier molecular flexibility index (Phi) is 6.31. The van der Waals surface area contributed by atoms with Gasteiger partial charge in [0.2, 0.25) is 0 Å². The number of nitro groups is 1. The van der Waals surface area contributed by atoms with E-state index in [4.69, 9.17) is 0 Å². The zero-order valence-corrected chi connectivity index (χ0v) is 16.3. The molecule has 0 radical (unpaired) electrons. The molecular weight excluding hydrogens is 402 g/mol. The van der Waals surface area contributed by atoms with Gasteiger partial charge in [0.1, 0.15) is 0 Å². The Morgan fingerprint density at radius 3 is 2.26 bits per heavy atom. The molecule has 10 heteroatoms. The topological polar surface area (TPSA) is 143 Å². The van der Waals surface area contributed by atoms with Crippen LogP contribution in [0.3, 0.4) is 0 Å². The van der Waals surface area contributed by atoms with E-state index in [1.807, 2.05) is 0 Å². The number of carbonyl (C=O) groups excluding carboxylic acids is 3. The first-order valence-electron chi connectivity index (χ1n) is 9.03. The highest BCUT2D eigenvalue weighted by molar-refractivity contribution is 6.10. The van der Waals surface area contributed by atoms with Gasteiger partial charge in [0.25, 0.3) is 23.4 Å². The van der Waals surface area contributed by atoms with Crippen LogP contribution in [0, 0.1) is 17.0 Å². The van der Waals surface area contributed by atoms with Crippen molar-refractivity contribution in [3.63, 3.8) is 0 Å². The minimum Gasteiger partial charge on any atom is -0.321 e. The van der Waals surface area contributed by atoms with Gasteiger partial charge in [-0.3, -0.25) is 40.3 Å². The Balaban J connectivity index is 1.74. The number of rotatable bonds is 5. The first kappa shape index (κ1) is 21.1. The Bertz CT molecular complexity index is 1160. The normalized spacial score (nSPS) is 10.1. The molecule has 0 spiro atoms. The van der Waals surface area contributed by atoms with Crippen molar-refractivity contribution >= 4 is 29.1 Å². The van der Waals surface area contributed by atoms with E-state index in [-0.39, 0.29) is 22.5 Å². The van der Waals surface area contributed by atoms with Crippen LogP contribution in [0.1, 0.15) is 36.6 Å². The molecule has 0 saturated carbocycles. The quantitative estimate of drug-likeness (QED) is 0.428. The molecule has 10 nitrogen and oxygen atoms in total. The van der Waals surface area contributed by atoms with E-state index >= 15 is 0 Å². The van der Waals surface area contributed by atoms with Crippen molar-refractivity contribution < 1.29 is 19.3 Å². The zero-order valence-electron chi connectivity index (χ0n) is 16.3. The third kappa shape index (κ3) is 5.07. The van der Waals surface area contributed by atoms with Crippen molar-refractivity contribution in [2.75, 3.05) is 5.32 Å². The number of nitro benzene ring substituents is 1. The Labute approximate surface area is 176 Å². The Morgan fingerprint density at radius 1 is 0.871 bits per heavy atom. The maximum Gasteiger partial charge on any atom is 0.271 e. The molecule has 3 amide bonds. The molecule has 3 aromatic rings. The second-order valence-corrected chi connectivity index (χ2v) is 6.40. The van der Waals surface area contributed by atoms with Crippen LogP contribution < -0.4 is 16.2 Å². The lowest BCUT2D eigenvalue weighted by molar-refractivity contribution is -0.384. The summed E-state index contributed by atoms with van der Waals surface area (Å²) in [6.45, 7) is 1.72. The van der Waals surface area contributed by atoms with E-state index in [2.05, 4.69) is 21.2 Å². The first-order valence-corrected chi connectivity index (χ1v) is 9.03. The molecule has 1 heterocycles. The van der Waals surface area contributed by atoms with Crippen LogP contribution in [0.5, 0.6) is 0 Å². The summed E-state index contributed by atoms with van der Waals surface area (Å²) in [6.07, 6.45) is 2.95. The van der Waals surface area contributed by atoms with E-state index in [9.17, 15) is 24.5 Å². The van der Waals surface area contributed by atoms with Crippen molar-refractivity contribution in [3.05, 3.63) is 99.4 Å². The molecule has 31 heavy (non-hydrogen) atoms. The van der Waals surface area contributed by atoms with Gasteiger partial charge in [0, 0.05) is 35.7 Å². The molecule has 0 aliphatic carbocycles. The lowest BCUT2D eigenvalue weighted by Gasteiger charge is -2.14. The number of benzene rings is 2. The van der Waals surface area contributed by atoms with E-state index < -0.39 is 22.6 Å². The summed E-state index contributed by atoms with van der Waals surface area (Å²) in [5, 5.41) is 13.6. The summed E-state index contributed by atoms with van der Waals surface area (Å²) in [5.41, 5.74) is 5.64. The number of pyridine rings is 1. The summed E-state index contributed by atoms with van der Waals surface area (Å²) in [6, 6.07) is 13.0. The number of aromatic nitrogens is 1. The van der Waals surface area contributed by atoms with E-state index in [1.165, 1.54) is 48.8 Å². The Hall–Kier alpha value is -4.60. The molecule has 0 aliphatic heterocycles. The van der Waals surface area contributed by atoms with Crippen molar-refractivity contribution in [1.82, 2.24) is 15.8 Å².